The van der Waals surface area contributed by atoms with Crippen LogP contribution in [0.1, 0.15) is 69.2 Å². The molecule has 0 aliphatic heterocycles. The summed E-state index contributed by atoms with van der Waals surface area (Å²) in [5.41, 5.74) is -2.25. The molecule has 0 amide bonds. The third kappa shape index (κ3) is 566. The van der Waals surface area contributed by atoms with Crippen LogP contribution in [0, 0.1) is 0 Å². The van der Waals surface area contributed by atoms with Gasteiger partial charge in [-0.05, 0) is 0 Å². The fourth-order valence-electron chi connectivity index (χ4n) is 0. The summed E-state index contributed by atoms with van der Waals surface area (Å²) in [6, 6.07) is 0. The van der Waals surface area contributed by atoms with Crippen molar-refractivity contribution in [2.45, 2.75) is 94.4 Å². The number of alkyl halides is 1. The van der Waals surface area contributed by atoms with Gasteiger partial charge < -0.3 is 15.3 Å². The Bertz CT molecular complexity index is 142. The molecular weight excluding hydrogens is 474 g/mol. The van der Waals surface area contributed by atoms with Crippen molar-refractivity contribution in [1.82, 2.24) is 0 Å². The van der Waals surface area contributed by atoms with Crippen LogP contribution in [0.25, 0.3) is 0 Å². The third-order valence-corrected chi connectivity index (χ3v) is 4.84. The number of rotatable bonds is 1. The molecule has 0 aromatic rings. The van der Waals surface area contributed by atoms with Crippen molar-refractivity contribution in [2.24, 2.45) is 0 Å². The zero-order valence-corrected chi connectivity index (χ0v) is 19.9. The normalized spacial score (nSPS) is 12.8. The van der Waals surface area contributed by atoms with E-state index >= 15 is 0 Å². The summed E-state index contributed by atoms with van der Waals surface area (Å²) < 4.78 is 2.28. The first-order chi connectivity index (χ1) is 8.27. The maximum atomic E-state index is 10.1. The van der Waals surface area contributed by atoms with Crippen molar-refractivity contribution in [2.75, 3.05) is 0 Å². The predicted octanol–water partition coefficient (Wildman–Crippen LogP) is 1.83. The summed E-state index contributed by atoms with van der Waals surface area (Å²) in [5, 5.41) is 30.3. The summed E-state index contributed by atoms with van der Waals surface area (Å²) >= 11 is 4.09. The van der Waals surface area contributed by atoms with E-state index in [0.717, 1.165) is 3.92 Å². The van der Waals surface area contributed by atoms with E-state index in [1.807, 2.05) is 0 Å². The topological polar surface area (TPSA) is 69.2 Å². The maximum absolute atomic E-state index is 10.1. The molecule has 3 nitrogen and oxygen atoms in total. The Labute approximate surface area is 154 Å². The summed E-state index contributed by atoms with van der Waals surface area (Å²) in [5.74, 6) is 0. The molecule has 0 heterocycles. The quantitative estimate of drug-likeness (QED) is 0.309. The van der Waals surface area contributed by atoms with Crippen LogP contribution >= 0.6 is 22.6 Å². The third-order valence-electron chi connectivity index (χ3n) is 0.281. The Hall–Kier alpha value is 1.41. The van der Waals surface area contributed by atoms with E-state index in [1.54, 1.807) is 84.8 Å². The van der Waals surface area contributed by atoms with Crippen molar-refractivity contribution in [3.05, 3.63) is 0 Å². The molecule has 0 spiro atoms. The van der Waals surface area contributed by atoms with Gasteiger partial charge in [-0.3, -0.25) is 0 Å². The van der Waals surface area contributed by atoms with Crippen LogP contribution in [0.2, 0.25) is 4.44 Å². The summed E-state index contributed by atoms with van der Waals surface area (Å²) in [7, 11) is 0. The van der Waals surface area contributed by atoms with Crippen LogP contribution in [0.3, 0.4) is 0 Å². The molecule has 0 aromatic carbocycles. The van der Waals surface area contributed by atoms with E-state index in [-0.39, 0.29) is 0 Å². The van der Waals surface area contributed by atoms with E-state index < -0.39 is 16.8 Å². The Morgan fingerprint density at radius 1 is 0.750 bits per heavy atom. The molecule has 0 aromatic heterocycles. The predicted molar refractivity (Wildman–Crippen MR) is 93.3 cm³/mol. The van der Waals surface area contributed by atoms with Crippen LogP contribution in [0.4, 0.5) is 0 Å². The molecule has 20 heavy (non-hydrogen) atoms. The molecule has 1 atom stereocenters. The fraction of sp³-hybridized carbons (Fsp3) is 1.00. The summed E-state index contributed by atoms with van der Waals surface area (Å²) in [6.45, 7) is 16.9. The minimum atomic E-state index is -0.750. The molecule has 0 bridgehead atoms. The molecule has 122 valence electrons. The Kier molecular flexibility index (Phi) is 20.6. The summed E-state index contributed by atoms with van der Waals surface area (Å²) in [6.07, 6.45) is 0. The summed E-state index contributed by atoms with van der Waals surface area (Å²) in [4.78, 5) is 0. The van der Waals surface area contributed by atoms with Gasteiger partial charge in [0.1, 0.15) is 0 Å². The van der Waals surface area contributed by atoms with Crippen molar-refractivity contribution >= 4 is 45.1 Å². The molecule has 0 rings (SSSR count). The number of hydrogen-bond donors (Lipinski definition) is 0. The fourth-order valence-corrected chi connectivity index (χ4v) is 0. The Morgan fingerprint density at radius 2 is 0.800 bits per heavy atom. The van der Waals surface area contributed by atoms with Crippen LogP contribution in [0.15, 0.2) is 0 Å². The van der Waals surface area contributed by atoms with Crippen molar-refractivity contribution in [1.29, 1.82) is 0 Å². The molecule has 5 heteroatoms. The van der Waals surface area contributed by atoms with E-state index in [9.17, 15) is 15.3 Å². The molecule has 0 aliphatic rings. The van der Waals surface area contributed by atoms with Gasteiger partial charge in [0, 0.05) is 0 Å². The van der Waals surface area contributed by atoms with Crippen LogP contribution in [-0.2, 0) is 0 Å². The van der Waals surface area contributed by atoms with Gasteiger partial charge in [-0.2, -0.15) is 0 Å². The van der Waals surface area contributed by atoms with Gasteiger partial charge in [0.05, 0.1) is 0 Å². The molecule has 0 radical (unpaired) electrons. The average molecular weight is 507 g/mol. The second-order valence-electron chi connectivity index (χ2n) is 7.32. The second-order valence-corrected chi connectivity index (χ2v) is 10.6. The minimum absolute atomic E-state index is 0.750. The van der Waals surface area contributed by atoms with Gasteiger partial charge in [-0.1, -0.05) is 62.3 Å². The molecule has 0 saturated heterocycles. The average Bonchev–Trinajstić information content (AvgIpc) is 1.93. The van der Waals surface area contributed by atoms with Gasteiger partial charge >= 0.3 is 60.4 Å². The molecule has 1 unspecified atom stereocenters. The van der Waals surface area contributed by atoms with E-state index in [4.69, 9.17) is 0 Å². The van der Waals surface area contributed by atoms with Crippen molar-refractivity contribution in [3.63, 3.8) is 0 Å². The SMILES string of the molecule is CC(C)(C)[O-].CC(C)(C)[O-].CC(C)(C)[O-].CC(I)[CH2][Sn+3]. The first kappa shape index (κ1) is 29.4. The second kappa shape index (κ2) is 14.0. The first-order valence-electron chi connectivity index (χ1n) is 6.67. The zero-order chi connectivity index (χ0) is 17.8. The van der Waals surface area contributed by atoms with Crippen LogP contribution in [-0.4, -0.2) is 43.3 Å². The monoisotopic (exact) mass is 508 g/mol. The molecule has 0 N–H and O–H groups in total. The standard InChI is InChI=1S/3C4H9O.C3H6I.Sn/c3*1-4(2,3)5;1-3(2)4;/h3*1-3H3;3H,1H2,2H3;/q3*-1;;+3. The van der Waals surface area contributed by atoms with Gasteiger partial charge in [0.25, 0.3) is 0 Å². The van der Waals surface area contributed by atoms with Gasteiger partial charge in [-0.25, -0.2) is 0 Å². The van der Waals surface area contributed by atoms with E-state index in [2.05, 4.69) is 29.5 Å². The number of halogens is 1. The van der Waals surface area contributed by atoms with Crippen LogP contribution < -0.4 is 15.3 Å². The van der Waals surface area contributed by atoms with Gasteiger partial charge in [0.2, 0.25) is 0 Å². The zero-order valence-electron chi connectivity index (χ0n) is 14.9. The van der Waals surface area contributed by atoms with Crippen LogP contribution in [0.5, 0.6) is 0 Å². The molecular formula is C15H33IO3Sn. The Morgan fingerprint density at radius 3 is 0.800 bits per heavy atom. The molecule has 0 saturated carbocycles. The first-order valence-corrected chi connectivity index (χ1v) is 9.93. The van der Waals surface area contributed by atoms with Gasteiger partial charge in [-0.15, -0.1) is 16.8 Å². The Balaban J connectivity index is -0.0000000853. The van der Waals surface area contributed by atoms with Crippen molar-refractivity contribution in [3.8, 4) is 0 Å². The van der Waals surface area contributed by atoms with E-state index in [0.29, 0.717) is 0 Å². The molecule has 0 aliphatic carbocycles. The van der Waals surface area contributed by atoms with E-state index in [1.165, 1.54) is 4.44 Å². The number of hydrogen-bond acceptors (Lipinski definition) is 3. The van der Waals surface area contributed by atoms with Gasteiger partial charge in [0.15, 0.2) is 0 Å². The molecule has 0 fully saturated rings. The van der Waals surface area contributed by atoms with Crippen molar-refractivity contribution < 1.29 is 15.3 Å².